The molecule has 0 aliphatic heterocycles. The van der Waals surface area contributed by atoms with Gasteiger partial charge in [-0.05, 0) is 0 Å². The van der Waals surface area contributed by atoms with Gasteiger partial charge in [0.2, 0.25) is 0 Å². The first-order chi connectivity index (χ1) is 34.9. The van der Waals surface area contributed by atoms with E-state index in [-0.39, 0.29) is 0 Å². The molecule has 0 nitrogen and oxygen atoms in total. The predicted octanol–water partition coefficient (Wildman–Crippen LogP) is 27.6. The van der Waals surface area contributed by atoms with Gasteiger partial charge in [0.25, 0.3) is 0 Å². The van der Waals surface area contributed by atoms with Crippen LogP contribution in [0, 0.1) is 0 Å². The highest BCUT2D eigenvalue weighted by Gasteiger charge is 2.01. The largest absolute Gasteiger partial charge is 0.0654 e. The first-order valence-corrected chi connectivity index (χ1v) is 34.9. The van der Waals surface area contributed by atoms with Crippen molar-refractivity contribution >= 4 is 0 Å². The van der Waals surface area contributed by atoms with Crippen LogP contribution in [0.5, 0.6) is 0 Å². The van der Waals surface area contributed by atoms with Crippen molar-refractivity contribution in [1.82, 2.24) is 0 Å². The minimum absolute atomic E-state index is 1.37. The summed E-state index contributed by atoms with van der Waals surface area (Å²) < 4.78 is 0. The van der Waals surface area contributed by atoms with Gasteiger partial charge in [-0.3, -0.25) is 0 Å². The Balaban J connectivity index is 3.07. The second-order valence-electron chi connectivity index (χ2n) is 24.3. The van der Waals surface area contributed by atoms with E-state index in [1.165, 1.54) is 437 Å². The van der Waals surface area contributed by atoms with Gasteiger partial charge in [-0.25, -0.2) is 0 Å². The molecule has 0 amide bonds. The van der Waals surface area contributed by atoms with E-state index in [0.29, 0.717) is 0 Å². The maximum absolute atomic E-state index is 2.32. The van der Waals surface area contributed by atoms with Crippen molar-refractivity contribution in [3.05, 3.63) is 0 Å². The van der Waals surface area contributed by atoms with E-state index < -0.39 is 0 Å². The molecule has 0 saturated carbocycles. The molecule has 0 N–H and O–H groups in total. The lowest BCUT2D eigenvalue weighted by molar-refractivity contribution is 0.506. The van der Waals surface area contributed by atoms with Gasteiger partial charge >= 0.3 is 0 Å². The summed E-state index contributed by atoms with van der Waals surface area (Å²) in [6, 6.07) is 0. The fourth-order valence-electron chi connectivity index (χ4n) is 11.8. The second-order valence-corrected chi connectivity index (χ2v) is 24.3. The van der Waals surface area contributed by atoms with Crippen LogP contribution in [0.4, 0.5) is 0 Å². The predicted molar refractivity (Wildman–Crippen MR) is 325 cm³/mol. The van der Waals surface area contributed by atoms with E-state index in [1.54, 1.807) is 0 Å². The standard InChI is InChI=1S/C70H142/c1-3-5-7-9-11-13-15-17-19-21-23-25-27-29-31-33-35-37-39-41-43-45-47-49-51-53-55-57-59-61-63-65-67-69-70-68-66-64-62-60-58-56-54-52-50-48-46-44-42-40-38-36-34-32-30-28-26-24-22-20-18-16-14-12-10-8-6-4-2/h3-70H2,1-2H3. The van der Waals surface area contributed by atoms with Crippen LogP contribution in [-0.2, 0) is 0 Å². The molecule has 0 saturated heterocycles. The Morgan fingerprint density at radius 2 is 0.114 bits per heavy atom. The van der Waals surface area contributed by atoms with Gasteiger partial charge in [0.05, 0.1) is 0 Å². The molecule has 422 valence electrons. The number of unbranched alkanes of at least 4 members (excludes halogenated alkanes) is 67. The van der Waals surface area contributed by atoms with Crippen molar-refractivity contribution in [2.24, 2.45) is 0 Å². The van der Waals surface area contributed by atoms with Gasteiger partial charge in [-0.2, -0.15) is 0 Å². The summed E-state index contributed by atoms with van der Waals surface area (Å²) in [5, 5.41) is 0. The number of hydrogen-bond acceptors (Lipinski definition) is 0. The fourth-order valence-corrected chi connectivity index (χ4v) is 11.8. The van der Waals surface area contributed by atoms with Crippen LogP contribution in [0.25, 0.3) is 0 Å². The lowest BCUT2D eigenvalue weighted by Crippen LogP contribution is -1.85. The Labute approximate surface area is 448 Å². The number of rotatable bonds is 67. The molecule has 0 aromatic carbocycles. The van der Waals surface area contributed by atoms with E-state index in [0.717, 1.165) is 0 Å². The van der Waals surface area contributed by atoms with Crippen LogP contribution in [0.3, 0.4) is 0 Å². The van der Waals surface area contributed by atoms with Crippen molar-refractivity contribution in [2.75, 3.05) is 0 Å². The van der Waals surface area contributed by atoms with Gasteiger partial charge < -0.3 is 0 Å². The average Bonchev–Trinajstić information content (AvgIpc) is 3.37. The minimum atomic E-state index is 1.37. The molecule has 0 aliphatic carbocycles. The average molecular weight is 984 g/mol. The van der Waals surface area contributed by atoms with E-state index >= 15 is 0 Å². The first-order valence-electron chi connectivity index (χ1n) is 34.9. The molecule has 0 aliphatic rings. The third kappa shape index (κ3) is 68.0. The molecule has 0 heteroatoms. The molecule has 0 rings (SSSR count). The molecular formula is C70H142. The van der Waals surface area contributed by atoms with Crippen LogP contribution in [0.15, 0.2) is 0 Å². The van der Waals surface area contributed by atoms with Crippen LogP contribution < -0.4 is 0 Å². The Morgan fingerprint density at radius 3 is 0.157 bits per heavy atom. The van der Waals surface area contributed by atoms with Crippen molar-refractivity contribution < 1.29 is 0 Å². The molecular weight excluding hydrogens is 841 g/mol. The second kappa shape index (κ2) is 69.0. The lowest BCUT2D eigenvalue weighted by Gasteiger charge is -2.05. The van der Waals surface area contributed by atoms with Crippen molar-refractivity contribution in [1.29, 1.82) is 0 Å². The summed E-state index contributed by atoms with van der Waals surface area (Å²) in [5.41, 5.74) is 0. The van der Waals surface area contributed by atoms with Gasteiger partial charge in [-0.1, -0.05) is 450 Å². The van der Waals surface area contributed by atoms with E-state index in [9.17, 15) is 0 Å². The molecule has 0 atom stereocenters. The zero-order valence-corrected chi connectivity index (χ0v) is 50.1. The molecule has 0 bridgehead atoms. The Bertz CT molecular complexity index is 760. The normalized spacial score (nSPS) is 11.7. The van der Waals surface area contributed by atoms with Gasteiger partial charge in [0.15, 0.2) is 0 Å². The van der Waals surface area contributed by atoms with Crippen LogP contribution in [0.1, 0.15) is 450 Å². The molecule has 0 heterocycles. The maximum Gasteiger partial charge on any atom is -0.0533 e. The molecule has 0 radical (unpaired) electrons. The third-order valence-corrected chi connectivity index (χ3v) is 17.0. The van der Waals surface area contributed by atoms with Gasteiger partial charge in [-0.15, -0.1) is 0 Å². The highest BCUT2D eigenvalue weighted by atomic mass is 14.1. The Morgan fingerprint density at radius 1 is 0.0714 bits per heavy atom. The van der Waals surface area contributed by atoms with E-state index in [1.807, 2.05) is 0 Å². The molecule has 0 aromatic heterocycles. The number of hydrogen-bond donors (Lipinski definition) is 0. The van der Waals surface area contributed by atoms with Crippen LogP contribution in [0.2, 0.25) is 0 Å². The molecule has 0 aromatic rings. The summed E-state index contributed by atoms with van der Waals surface area (Å²) in [6.07, 6.45) is 101. The SMILES string of the molecule is CCCCCCCCCCCCCCCCCCCCCCCCCCCCCCCCCCCCCCCCCCCCCCCCCCCCCCCCCCCCCCCCCCCCCC. The summed E-state index contributed by atoms with van der Waals surface area (Å²) in [5.74, 6) is 0. The first kappa shape index (κ1) is 70.0. The monoisotopic (exact) mass is 983 g/mol. The topological polar surface area (TPSA) is 0 Å². The zero-order valence-electron chi connectivity index (χ0n) is 50.1. The quantitative estimate of drug-likeness (QED) is 0.0533. The molecule has 70 heavy (non-hydrogen) atoms. The van der Waals surface area contributed by atoms with Crippen LogP contribution in [-0.4, -0.2) is 0 Å². The maximum atomic E-state index is 2.32. The van der Waals surface area contributed by atoms with Crippen molar-refractivity contribution in [3.63, 3.8) is 0 Å². The van der Waals surface area contributed by atoms with Crippen molar-refractivity contribution in [2.45, 2.75) is 450 Å². The summed E-state index contributed by atoms with van der Waals surface area (Å²) >= 11 is 0. The third-order valence-electron chi connectivity index (χ3n) is 17.0. The summed E-state index contributed by atoms with van der Waals surface area (Å²) in [6.45, 7) is 4.63. The van der Waals surface area contributed by atoms with Gasteiger partial charge in [0, 0.05) is 0 Å². The summed E-state index contributed by atoms with van der Waals surface area (Å²) in [7, 11) is 0. The zero-order chi connectivity index (χ0) is 50.1. The van der Waals surface area contributed by atoms with Crippen LogP contribution >= 0.6 is 0 Å². The van der Waals surface area contributed by atoms with E-state index in [2.05, 4.69) is 13.8 Å². The molecule has 0 fully saturated rings. The molecule has 0 unspecified atom stereocenters. The fraction of sp³-hybridized carbons (Fsp3) is 1.00. The minimum Gasteiger partial charge on any atom is -0.0654 e. The highest BCUT2D eigenvalue weighted by Crippen LogP contribution is 2.20. The van der Waals surface area contributed by atoms with Crippen molar-refractivity contribution in [3.8, 4) is 0 Å². The summed E-state index contributed by atoms with van der Waals surface area (Å²) in [4.78, 5) is 0. The smallest absolute Gasteiger partial charge is 0.0533 e. The van der Waals surface area contributed by atoms with Gasteiger partial charge in [0.1, 0.15) is 0 Å². The Hall–Kier alpha value is 0. The van der Waals surface area contributed by atoms with E-state index in [4.69, 9.17) is 0 Å². The lowest BCUT2D eigenvalue weighted by atomic mass is 10.0. The Kier molecular flexibility index (Phi) is 69.0. The highest BCUT2D eigenvalue weighted by molar-refractivity contribution is 4.56. The molecule has 0 spiro atoms.